The zero-order valence-corrected chi connectivity index (χ0v) is 15.6. The Balaban J connectivity index is 1.67. The number of allylic oxidation sites excluding steroid dienone is 1. The van der Waals surface area contributed by atoms with Crippen molar-refractivity contribution in [3.05, 3.63) is 94.2 Å². The van der Waals surface area contributed by atoms with E-state index in [1.807, 2.05) is 23.6 Å². The van der Waals surface area contributed by atoms with Crippen LogP contribution in [0.15, 0.2) is 87.5 Å². The van der Waals surface area contributed by atoms with Gasteiger partial charge in [-0.2, -0.15) is 5.10 Å². The van der Waals surface area contributed by atoms with Gasteiger partial charge >= 0.3 is 0 Å². The lowest BCUT2D eigenvalue weighted by Crippen LogP contribution is -2.32. The van der Waals surface area contributed by atoms with E-state index < -0.39 is 5.91 Å². The number of furan rings is 1. The van der Waals surface area contributed by atoms with Crippen LogP contribution in [0, 0.1) is 0 Å². The van der Waals surface area contributed by atoms with Crippen molar-refractivity contribution in [3.63, 3.8) is 0 Å². The van der Waals surface area contributed by atoms with Gasteiger partial charge < -0.3 is 9.73 Å². The third-order valence-corrected chi connectivity index (χ3v) is 4.31. The predicted molar refractivity (Wildman–Crippen MR) is 111 cm³/mol. The highest BCUT2D eigenvalue weighted by atomic mass is 32.1. The number of carbonyl (C=O) groups excluding carboxylic acids is 2. The number of hydrazone groups is 1. The van der Waals surface area contributed by atoms with Crippen molar-refractivity contribution in [2.45, 2.75) is 0 Å². The minimum atomic E-state index is -0.527. The second-order valence-corrected chi connectivity index (χ2v) is 6.47. The summed E-state index contributed by atoms with van der Waals surface area (Å²) in [5.74, 6) is -0.230. The molecular weight excluding hydrogens is 374 g/mol. The van der Waals surface area contributed by atoms with Gasteiger partial charge in [0.15, 0.2) is 0 Å². The van der Waals surface area contributed by atoms with Gasteiger partial charge in [0.1, 0.15) is 11.5 Å². The monoisotopic (exact) mass is 391 g/mol. The number of hydrogen-bond acceptors (Lipinski definition) is 5. The van der Waals surface area contributed by atoms with Gasteiger partial charge in [-0.05, 0) is 53.9 Å². The van der Waals surface area contributed by atoms with Crippen molar-refractivity contribution in [2.75, 3.05) is 0 Å². The first-order valence-electron chi connectivity index (χ1n) is 8.37. The van der Waals surface area contributed by atoms with Gasteiger partial charge in [-0.15, -0.1) is 11.3 Å². The van der Waals surface area contributed by atoms with Crippen LogP contribution in [0.25, 0.3) is 12.2 Å². The fourth-order valence-electron chi connectivity index (χ4n) is 2.18. The Morgan fingerprint density at radius 1 is 1.04 bits per heavy atom. The molecule has 6 nitrogen and oxygen atoms in total. The fraction of sp³-hybridized carbons (Fsp3) is 0. The smallest absolute Gasteiger partial charge is 0.287 e. The zero-order chi connectivity index (χ0) is 19.6. The second kappa shape index (κ2) is 9.84. The fourth-order valence-corrected chi connectivity index (χ4v) is 2.84. The third-order valence-electron chi connectivity index (χ3n) is 3.49. The predicted octanol–water partition coefficient (Wildman–Crippen LogP) is 3.93. The van der Waals surface area contributed by atoms with Gasteiger partial charge in [0.05, 0.1) is 6.26 Å². The van der Waals surface area contributed by atoms with Crippen molar-refractivity contribution in [1.29, 1.82) is 0 Å². The number of nitrogens with zero attached hydrogens (tertiary/aromatic N) is 1. The maximum Gasteiger partial charge on any atom is 0.287 e. The van der Waals surface area contributed by atoms with Crippen LogP contribution in [-0.2, 0) is 4.79 Å². The average Bonchev–Trinajstić information content (AvgIpc) is 3.42. The molecule has 3 rings (SSSR count). The quantitative estimate of drug-likeness (QED) is 0.364. The van der Waals surface area contributed by atoms with Gasteiger partial charge in [-0.25, -0.2) is 5.43 Å². The number of hydrogen-bond donors (Lipinski definition) is 2. The first-order chi connectivity index (χ1) is 13.7. The number of thiophene rings is 1. The number of amides is 2. The lowest BCUT2D eigenvalue weighted by Gasteiger charge is -2.08. The van der Waals surface area contributed by atoms with E-state index in [1.54, 1.807) is 60.9 Å². The summed E-state index contributed by atoms with van der Waals surface area (Å²) >= 11 is 1.45. The van der Waals surface area contributed by atoms with Gasteiger partial charge in [0.25, 0.3) is 11.8 Å². The maximum absolute atomic E-state index is 12.5. The Morgan fingerprint density at radius 3 is 2.61 bits per heavy atom. The van der Waals surface area contributed by atoms with Crippen LogP contribution in [0.4, 0.5) is 0 Å². The molecule has 0 bridgehead atoms. The van der Waals surface area contributed by atoms with Crippen LogP contribution in [0.1, 0.15) is 21.0 Å². The summed E-state index contributed by atoms with van der Waals surface area (Å²) < 4.78 is 5.15. The highest BCUT2D eigenvalue weighted by molar-refractivity contribution is 7.10. The number of rotatable bonds is 7. The molecule has 0 unspecified atom stereocenters. The van der Waals surface area contributed by atoms with E-state index in [0.717, 1.165) is 4.88 Å². The SMILES string of the molecule is O=C(NN=CC=Cc1ccco1)C(=Cc1cccs1)NC(=O)c1ccccc1. The Hall–Kier alpha value is -3.71. The second-order valence-electron chi connectivity index (χ2n) is 5.49. The molecule has 0 aliphatic heterocycles. The normalized spacial score (nSPS) is 11.8. The Bertz CT molecular complexity index is 989. The van der Waals surface area contributed by atoms with E-state index in [0.29, 0.717) is 11.3 Å². The first kappa shape index (κ1) is 19.1. The molecule has 0 saturated carbocycles. The largest absolute Gasteiger partial charge is 0.465 e. The molecule has 0 saturated heterocycles. The molecular formula is C21H17N3O3S. The van der Waals surface area contributed by atoms with Crippen LogP contribution in [0.2, 0.25) is 0 Å². The van der Waals surface area contributed by atoms with Crippen LogP contribution < -0.4 is 10.7 Å². The summed E-state index contributed by atoms with van der Waals surface area (Å²) in [5, 5.41) is 8.39. The van der Waals surface area contributed by atoms with Crippen LogP contribution >= 0.6 is 11.3 Å². The zero-order valence-electron chi connectivity index (χ0n) is 14.7. The molecule has 7 heteroatoms. The van der Waals surface area contributed by atoms with Gasteiger partial charge in [0, 0.05) is 16.7 Å². The van der Waals surface area contributed by atoms with Crippen molar-refractivity contribution in [2.24, 2.45) is 5.10 Å². The molecule has 2 amide bonds. The van der Waals surface area contributed by atoms with Crippen LogP contribution in [0.3, 0.4) is 0 Å². The highest BCUT2D eigenvalue weighted by Crippen LogP contribution is 2.13. The number of benzene rings is 1. The topological polar surface area (TPSA) is 83.7 Å². The molecule has 2 N–H and O–H groups in total. The molecule has 0 spiro atoms. The molecule has 2 aromatic heterocycles. The van der Waals surface area contributed by atoms with Crippen molar-refractivity contribution in [1.82, 2.24) is 10.7 Å². The number of nitrogens with one attached hydrogen (secondary N) is 2. The van der Waals surface area contributed by atoms with Gasteiger partial charge in [-0.1, -0.05) is 24.3 Å². The van der Waals surface area contributed by atoms with E-state index in [9.17, 15) is 9.59 Å². The van der Waals surface area contributed by atoms with Crippen molar-refractivity contribution >= 4 is 41.5 Å². The van der Waals surface area contributed by atoms with E-state index in [1.165, 1.54) is 17.6 Å². The summed E-state index contributed by atoms with van der Waals surface area (Å²) in [7, 11) is 0. The lowest BCUT2D eigenvalue weighted by molar-refractivity contribution is -0.117. The summed E-state index contributed by atoms with van der Waals surface area (Å²) in [4.78, 5) is 25.7. The summed E-state index contributed by atoms with van der Waals surface area (Å²) in [6.07, 6.45) is 7.92. The molecule has 1 aromatic carbocycles. The molecule has 3 aromatic rings. The molecule has 28 heavy (non-hydrogen) atoms. The van der Waals surface area contributed by atoms with Crippen LogP contribution in [-0.4, -0.2) is 18.0 Å². The molecule has 2 heterocycles. The summed E-state index contributed by atoms with van der Waals surface area (Å²) in [6, 6.07) is 16.0. The Labute approximate surface area is 165 Å². The molecule has 140 valence electrons. The van der Waals surface area contributed by atoms with Crippen molar-refractivity contribution < 1.29 is 14.0 Å². The van der Waals surface area contributed by atoms with Crippen LogP contribution in [0.5, 0.6) is 0 Å². The maximum atomic E-state index is 12.5. The Morgan fingerprint density at radius 2 is 1.89 bits per heavy atom. The van der Waals surface area contributed by atoms with E-state index in [2.05, 4.69) is 15.8 Å². The molecule has 0 radical (unpaired) electrons. The summed E-state index contributed by atoms with van der Waals surface area (Å²) in [5.41, 5.74) is 2.96. The van der Waals surface area contributed by atoms with E-state index in [-0.39, 0.29) is 11.6 Å². The summed E-state index contributed by atoms with van der Waals surface area (Å²) in [6.45, 7) is 0. The molecule has 0 aliphatic rings. The van der Waals surface area contributed by atoms with E-state index in [4.69, 9.17) is 4.42 Å². The van der Waals surface area contributed by atoms with Gasteiger partial charge in [0.2, 0.25) is 0 Å². The Kier molecular flexibility index (Phi) is 6.70. The van der Waals surface area contributed by atoms with Crippen molar-refractivity contribution in [3.8, 4) is 0 Å². The molecule has 0 atom stereocenters. The van der Waals surface area contributed by atoms with Gasteiger partial charge in [-0.3, -0.25) is 9.59 Å². The third kappa shape index (κ3) is 5.65. The van der Waals surface area contributed by atoms with E-state index >= 15 is 0 Å². The number of carbonyl (C=O) groups is 2. The highest BCUT2D eigenvalue weighted by Gasteiger charge is 2.14. The lowest BCUT2D eigenvalue weighted by atomic mass is 10.2. The molecule has 0 fully saturated rings. The molecule has 0 aliphatic carbocycles. The minimum absolute atomic E-state index is 0.100. The standard InChI is InChI=1S/C21H17N3O3S/c25-20(16-7-2-1-3-8-16)23-19(15-18-11-6-14-28-18)21(26)24-22-12-4-9-17-10-5-13-27-17/h1-15H,(H,23,25)(H,24,26). The minimum Gasteiger partial charge on any atom is -0.465 e. The first-order valence-corrected chi connectivity index (χ1v) is 9.25. The average molecular weight is 391 g/mol.